The number of imidazole rings is 1. The highest BCUT2D eigenvalue weighted by Crippen LogP contribution is 2.25. The molecule has 0 unspecified atom stereocenters. The van der Waals surface area contributed by atoms with Gasteiger partial charge in [0.1, 0.15) is 5.75 Å². The number of H-pyrrole nitrogens is 2. The number of hydrogen-bond donors (Lipinski definition) is 2. The van der Waals surface area contributed by atoms with Crippen LogP contribution < -0.4 is 10.4 Å². The molecule has 21 heavy (non-hydrogen) atoms. The summed E-state index contributed by atoms with van der Waals surface area (Å²) in [4.78, 5) is 29.1. The van der Waals surface area contributed by atoms with Crippen LogP contribution in [0, 0.1) is 0 Å². The fraction of sp³-hybridized carbons (Fsp3) is 0.0667. The van der Waals surface area contributed by atoms with Gasteiger partial charge in [0.25, 0.3) is 0 Å². The summed E-state index contributed by atoms with van der Waals surface area (Å²) >= 11 is 5.94. The number of aromatic amines is 2. The molecule has 0 aliphatic heterocycles. The third-order valence-corrected chi connectivity index (χ3v) is 3.42. The first kappa shape index (κ1) is 13.5. The average Bonchev–Trinajstić information content (AvgIpc) is 2.85. The van der Waals surface area contributed by atoms with Crippen LogP contribution in [0.4, 0.5) is 0 Å². The second kappa shape index (κ2) is 5.10. The minimum Gasteiger partial charge on any atom is -0.496 e. The predicted octanol–water partition coefficient (Wildman–Crippen LogP) is 2.75. The fourth-order valence-corrected chi connectivity index (χ4v) is 2.36. The van der Waals surface area contributed by atoms with Gasteiger partial charge >= 0.3 is 5.69 Å². The standard InChI is InChI=1S/C15H11ClN2O3/c1-21-13-5-3-9(16)7-10(13)14(19)8-2-4-11-12(6-8)18-15(20)17-11/h2-7H,1H3,(H2,17,18,20). The molecule has 3 aromatic rings. The van der Waals surface area contributed by atoms with Gasteiger partial charge in [0.15, 0.2) is 5.78 Å². The third-order valence-electron chi connectivity index (χ3n) is 3.18. The van der Waals surface area contributed by atoms with Gasteiger partial charge in [-0.2, -0.15) is 0 Å². The molecule has 0 atom stereocenters. The predicted molar refractivity (Wildman–Crippen MR) is 80.4 cm³/mol. The monoisotopic (exact) mass is 302 g/mol. The number of carbonyl (C=O) groups excluding carboxylic acids is 1. The van der Waals surface area contributed by atoms with Crippen molar-refractivity contribution in [3.05, 3.63) is 63.0 Å². The molecule has 0 saturated heterocycles. The van der Waals surface area contributed by atoms with Gasteiger partial charge in [-0.25, -0.2) is 4.79 Å². The zero-order valence-corrected chi connectivity index (χ0v) is 11.8. The third kappa shape index (κ3) is 2.43. The van der Waals surface area contributed by atoms with Crippen LogP contribution in [0.25, 0.3) is 11.0 Å². The molecule has 0 saturated carbocycles. The largest absolute Gasteiger partial charge is 0.496 e. The smallest absolute Gasteiger partial charge is 0.323 e. The topological polar surface area (TPSA) is 75.0 Å². The van der Waals surface area contributed by atoms with Crippen molar-refractivity contribution in [2.24, 2.45) is 0 Å². The van der Waals surface area contributed by atoms with Crippen molar-refractivity contribution in [3.63, 3.8) is 0 Å². The summed E-state index contributed by atoms with van der Waals surface area (Å²) in [6, 6.07) is 9.81. The summed E-state index contributed by atoms with van der Waals surface area (Å²) in [6.07, 6.45) is 0. The number of hydrogen-bond acceptors (Lipinski definition) is 3. The van der Waals surface area contributed by atoms with Crippen LogP contribution in [0.15, 0.2) is 41.2 Å². The van der Waals surface area contributed by atoms with Crippen molar-refractivity contribution < 1.29 is 9.53 Å². The van der Waals surface area contributed by atoms with Crippen molar-refractivity contribution >= 4 is 28.4 Å². The molecule has 0 aliphatic carbocycles. The van der Waals surface area contributed by atoms with E-state index in [9.17, 15) is 9.59 Å². The summed E-state index contributed by atoms with van der Waals surface area (Å²) in [6.45, 7) is 0. The molecule has 6 heteroatoms. The van der Waals surface area contributed by atoms with E-state index in [4.69, 9.17) is 16.3 Å². The number of halogens is 1. The van der Waals surface area contributed by atoms with Crippen LogP contribution >= 0.6 is 11.6 Å². The van der Waals surface area contributed by atoms with E-state index in [1.54, 1.807) is 36.4 Å². The molecule has 0 amide bonds. The molecular formula is C15H11ClN2O3. The van der Waals surface area contributed by atoms with Gasteiger partial charge in [0, 0.05) is 10.6 Å². The molecule has 5 nitrogen and oxygen atoms in total. The molecule has 0 bridgehead atoms. The number of methoxy groups -OCH3 is 1. The summed E-state index contributed by atoms with van der Waals surface area (Å²) in [5.74, 6) is 0.227. The first-order chi connectivity index (χ1) is 10.1. The fourth-order valence-electron chi connectivity index (χ4n) is 2.19. The Morgan fingerprint density at radius 2 is 1.86 bits per heavy atom. The lowest BCUT2D eigenvalue weighted by atomic mass is 10.0. The Morgan fingerprint density at radius 1 is 1.10 bits per heavy atom. The van der Waals surface area contributed by atoms with E-state index >= 15 is 0 Å². The van der Waals surface area contributed by atoms with Crippen LogP contribution in [0.5, 0.6) is 5.75 Å². The number of rotatable bonds is 3. The maximum atomic E-state index is 12.6. The molecule has 3 rings (SSSR count). The van der Waals surface area contributed by atoms with E-state index in [2.05, 4.69) is 9.97 Å². The van der Waals surface area contributed by atoms with E-state index < -0.39 is 0 Å². The summed E-state index contributed by atoms with van der Waals surface area (Å²) in [5, 5.41) is 0.454. The van der Waals surface area contributed by atoms with E-state index in [0.29, 0.717) is 32.9 Å². The van der Waals surface area contributed by atoms with Gasteiger partial charge in [-0.15, -0.1) is 0 Å². The molecule has 0 spiro atoms. The molecule has 106 valence electrons. The van der Waals surface area contributed by atoms with Crippen LogP contribution in [0.3, 0.4) is 0 Å². The zero-order chi connectivity index (χ0) is 15.0. The number of carbonyl (C=O) groups is 1. The Morgan fingerprint density at radius 3 is 2.62 bits per heavy atom. The molecule has 1 aromatic heterocycles. The quantitative estimate of drug-likeness (QED) is 0.731. The number of nitrogens with one attached hydrogen (secondary N) is 2. The first-order valence-corrected chi connectivity index (χ1v) is 6.56. The summed E-state index contributed by atoms with van der Waals surface area (Å²) in [7, 11) is 1.49. The Kier molecular flexibility index (Phi) is 3.27. The number of ether oxygens (including phenoxy) is 1. The molecule has 2 aromatic carbocycles. The maximum absolute atomic E-state index is 12.6. The lowest BCUT2D eigenvalue weighted by molar-refractivity contribution is 0.103. The Labute approximate surface area is 124 Å². The molecule has 2 N–H and O–H groups in total. The van der Waals surface area contributed by atoms with Gasteiger partial charge < -0.3 is 14.7 Å². The summed E-state index contributed by atoms with van der Waals surface area (Å²) < 4.78 is 5.19. The second-order valence-corrected chi connectivity index (χ2v) is 4.95. The lowest BCUT2D eigenvalue weighted by Gasteiger charge is -2.08. The van der Waals surface area contributed by atoms with Crippen LogP contribution in [0.2, 0.25) is 5.02 Å². The summed E-state index contributed by atoms with van der Waals surface area (Å²) in [5.41, 5.74) is 1.73. The van der Waals surface area contributed by atoms with E-state index in [1.165, 1.54) is 7.11 Å². The van der Waals surface area contributed by atoms with Gasteiger partial charge in [0.2, 0.25) is 0 Å². The molecule has 1 heterocycles. The van der Waals surface area contributed by atoms with Crippen molar-refractivity contribution in [1.82, 2.24) is 9.97 Å². The molecule has 0 aliphatic rings. The van der Waals surface area contributed by atoms with Gasteiger partial charge in [-0.05, 0) is 36.4 Å². The average molecular weight is 303 g/mol. The number of fused-ring (bicyclic) bond motifs is 1. The molecule has 0 radical (unpaired) electrons. The highest BCUT2D eigenvalue weighted by atomic mass is 35.5. The highest BCUT2D eigenvalue weighted by molar-refractivity contribution is 6.31. The van der Waals surface area contributed by atoms with Gasteiger partial charge in [-0.1, -0.05) is 11.6 Å². The van der Waals surface area contributed by atoms with Crippen molar-refractivity contribution in [1.29, 1.82) is 0 Å². The van der Waals surface area contributed by atoms with E-state index in [-0.39, 0.29) is 11.5 Å². The maximum Gasteiger partial charge on any atom is 0.323 e. The zero-order valence-electron chi connectivity index (χ0n) is 11.1. The van der Waals surface area contributed by atoms with Crippen molar-refractivity contribution in [3.8, 4) is 5.75 Å². The lowest BCUT2D eigenvalue weighted by Crippen LogP contribution is -2.04. The minimum atomic E-state index is -0.310. The van der Waals surface area contributed by atoms with Crippen LogP contribution in [-0.4, -0.2) is 22.9 Å². The number of benzene rings is 2. The van der Waals surface area contributed by atoms with Crippen molar-refractivity contribution in [2.75, 3.05) is 7.11 Å². The SMILES string of the molecule is COc1ccc(Cl)cc1C(=O)c1ccc2[nH]c(=O)[nH]c2c1. The van der Waals surface area contributed by atoms with Crippen molar-refractivity contribution in [2.45, 2.75) is 0 Å². The van der Waals surface area contributed by atoms with Crippen LogP contribution in [0.1, 0.15) is 15.9 Å². The molecule has 0 fully saturated rings. The van der Waals surface area contributed by atoms with E-state index in [0.717, 1.165) is 0 Å². The normalized spacial score (nSPS) is 10.8. The van der Waals surface area contributed by atoms with Crippen LogP contribution in [-0.2, 0) is 0 Å². The Hall–Kier alpha value is -2.53. The van der Waals surface area contributed by atoms with E-state index in [1.807, 2.05) is 0 Å². The van der Waals surface area contributed by atoms with Gasteiger partial charge in [-0.3, -0.25) is 4.79 Å². The number of aromatic nitrogens is 2. The second-order valence-electron chi connectivity index (χ2n) is 4.51. The Balaban J connectivity index is 2.11. The Bertz CT molecular complexity index is 895. The molecular weight excluding hydrogens is 292 g/mol. The van der Waals surface area contributed by atoms with Gasteiger partial charge in [0.05, 0.1) is 23.7 Å². The first-order valence-electron chi connectivity index (χ1n) is 6.19. The minimum absolute atomic E-state index is 0.224. The highest BCUT2D eigenvalue weighted by Gasteiger charge is 2.16. The number of ketones is 1.